The first-order valence-corrected chi connectivity index (χ1v) is 40.3. The summed E-state index contributed by atoms with van der Waals surface area (Å²) in [5.41, 5.74) is 0. The number of esters is 4. The fourth-order valence-corrected chi connectivity index (χ4v) is 12.3. The maximum Gasteiger partial charge on any atom is 0.472 e. The summed E-state index contributed by atoms with van der Waals surface area (Å²) < 4.78 is 68.3. The zero-order valence-electron chi connectivity index (χ0n) is 59.5. The molecule has 0 bridgehead atoms. The van der Waals surface area contributed by atoms with E-state index in [4.69, 9.17) is 37.0 Å². The molecule has 8 atom stereocenters. The van der Waals surface area contributed by atoms with Crippen molar-refractivity contribution >= 4 is 39.5 Å². The van der Waals surface area contributed by atoms with Crippen molar-refractivity contribution in [2.75, 3.05) is 39.6 Å². The topological polar surface area (TPSA) is 237 Å². The number of ether oxygens (including phenoxy) is 4. The smallest absolute Gasteiger partial charge is 0.462 e. The lowest BCUT2D eigenvalue weighted by Crippen LogP contribution is -2.30. The Bertz CT molecular complexity index is 1800. The summed E-state index contributed by atoms with van der Waals surface area (Å²) in [5, 5.41) is 10.6. The second-order valence-corrected chi connectivity index (χ2v) is 30.1. The average Bonchev–Trinajstić information content (AvgIpc) is 3.69. The molecule has 17 nitrogen and oxygen atoms in total. The largest absolute Gasteiger partial charge is 0.472 e. The molecule has 0 radical (unpaired) electrons. The van der Waals surface area contributed by atoms with Gasteiger partial charge in [-0.3, -0.25) is 37.3 Å². The number of carbonyl (C=O) groups excluding carboxylic acids is 4. The van der Waals surface area contributed by atoms with Crippen LogP contribution in [0.15, 0.2) is 0 Å². The number of hydrogen-bond acceptors (Lipinski definition) is 15. The summed E-state index contributed by atoms with van der Waals surface area (Å²) in [6, 6.07) is 0. The summed E-state index contributed by atoms with van der Waals surface area (Å²) in [6.07, 6.45) is 44.4. The summed E-state index contributed by atoms with van der Waals surface area (Å²) in [5.74, 6) is 0.943. The van der Waals surface area contributed by atoms with Gasteiger partial charge in [0, 0.05) is 25.7 Å². The minimum absolute atomic E-state index is 0.104. The van der Waals surface area contributed by atoms with Crippen LogP contribution in [0.25, 0.3) is 0 Å². The number of rotatable bonds is 69. The molecule has 0 aromatic heterocycles. The summed E-state index contributed by atoms with van der Waals surface area (Å²) in [7, 11) is -9.91. The maximum atomic E-state index is 13.0. The lowest BCUT2D eigenvalue weighted by Gasteiger charge is -2.21. The first kappa shape index (κ1) is 89.1. The molecule has 0 aromatic rings. The van der Waals surface area contributed by atoms with Crippen molar-refractivity contribution in [3.05, 3.63) is 0 Å². The van der Waals surface area contributed by atoms with Crippen molar-refractivity contribution in [2.24, 2.45) is 23.7 Å². The Morgan fingerprint density at radius 3 is 0.780 bits per heavy atom. The van der Waals surface area contributed by atoms with Gasteiger partial charge in [-0.2, -0.15) is 0 Å². The van der Waals surface area contributed by atoms with Crippen molar-refractivity contribution < 1.29 is 80.2 Å². The molecule has 0 aliphatic carbocycles. The standard InChI is InChI=1S/C72H140O17P2/c1-9-63(6)49-41-33-25-18-16-14-12-13-15-17-19-28-38-46-54-71(76)88-67(58-82-69(74)52-44-36-27-22-20-24-32-40-48-62(4)5)60-86-90(78,79)84-56-66(73)57-85-91(80,81)87-61-68(59-83-70(75)53-45-37-31-30-35-43-51-65(8)11-3)89-72(77)55-47-39-29-23-21-26-34-42-50-64(7)10-2/h62-68,73H,9-61H2,1-8H3,(H,78,79)(H,80,81)/t63?,64?,65?,66-,67-,68-/m1/s1. The van der Waals surface area contributed by atoms with Crippen LogP contribution < -0.4 is 0 Å². The number of hydrogen-bond donors (Lipinski definition) is 3. The van der Waals surface area contributed by atoms with Crippen molar-refractivity contribution in [1.29, 1.82) is 0 Å². The van der Waals surface area contributed by atoms with Gasteiger partial charge in [0.05, 0.1) is 26.4 Å². The zero-order chi connectivity index (χ0) is 67.5. The molecule has 0 amide bonds. The Hall–Kier alpha value is -1.94. The SMILES string of the molecule is CCC(C)CCCCCCCCCCCCCCCCC(=O)O[C@H](COC(=O)CCCCCCCCCCC(C)C)COP(=O)(O)OC[C@@H](O)COP(=O)(O)OC[C@@H](COC(=O)CCCCCCCCC(C)CC)OC(=O)CCCCCCCCCCC(C)CC. The number of aliphatic hydroxyl groups is 1. The number of aliphatic hydroxyl groups excluding tert-OH is 1. The van der Waals surface area contributed by atoms with E-state index in [1.807, 2.05) is 0 Å². The van der Waals surface area contributed by atoms with Gasteiger partial charge >= 0.3 is 39.5 Å². The van der Waals surface area contributed by atoms with Crippen LogP contribution in [0.1, 0.15) is 357 Å². The highest BCUT2D eigenvalue weighted by Crippen LogP contribution is 2.45. The molecule has 0 heterocycles. The molecule has 0 saturated carbocycles. The minimum Gasteiger partial charge on any atom is -0.462 e. The van der Waals surface area contributed by atoms with Crippen LogP contribution in [0, 0.1) is 23.7 Å². The number of carbonyl (C=O) groups is 4. The van der Waals surface area contributed by atoms with Crippen LogP contribution in [-0.4, -0.2) is 96.7 Å². The number of phosphoric ester groups is 2. The molecule has 0 aliphatic rings. The molecule has 3 N–H and O–H groups in total. The van der Waals surface area contributed by atoms with Crippen molar-refractivity contribution in [2.45, 2.75) is 375 Å². The van der Waals surface area contributed by atoms with Gasteiger partial charge in [-0.15, -0.1) is 0 Å². The molecule has 0 aromatic carbocycles. The zero-order valence-corrected chi connectivity index (χ0v) is 61.3. The summed E-state index contributed by atoms with van der Waals surface area (Å²) in [6.45, 7) is 14.1. The third-order valence-electron chi connectivity index (χ3n) is 17.7. The Morgan fingerprint density at radius 1 is 0.308 bits per heavy atom. The summed E-state index contributed by atoms with van der Waals surface area (Å²) in [4.78, 5) is 72.6. The van der Waals surface area contributed by atoms with E-state index in [1.165, 1.54) is 154 Å². The molecule has 540 valence electrons. The highest BCUT2D eigenvalue weighted by molar-refractivity contribution is 7.47. The molecule has 0 aliphatic heterocycles. The Labute approximate surface area is 556 Å². The predicted molar refractivity (Wildman–Crippen MR) is 367 cm³/mol. The maximum absolute atomic E-state index is 13.0. The van der Waals surface area contributed by atoms with E-state index in [0.717, 1.165) is 120 Å². The fourth-order valence-electron chi connectivity index (χ4n) is 10.7. The Balaban J connectivity index is 5.24. The van der Waals surface area contributed by atoms with Gasteiger partial charge in [0.15, 0.2) is 12.2 Å². The lowest BCUT2D eigenvalue weighted by atomic mass is 9.99. The summed E-state index contributed by atoms with van der Waals surface area (Å²) >= 11 is 0. The average molecular weight is 1340 g/mol. The van der Waals surface area contributed by atoms with Crippen LogP contribution >= 0.6 is 15.6 Å². The molecule has 19 heteroatoms. The van der Waals surface area contributed by atoms with E-state index in [1.54, 1.807) is 0 Å². The first-order valence-electron chi connectivity index (χ1n) is 37.3. The van der Waals surface area contributed by atoms with Crippen LogP contribution in [0.5, 0.6) is 0 Å². The minimum atomic E-state index is -4.95. The van der Waals surface area contributed by atoms with E-state index < -0.39 is 97.5 Å². The second kappa shape index (κ2) is 61.6. The molecular formula is C72H140O17P2. The molecule has 0 saturated heterocycles. The van der Waals surface area contributed by atoms with E-state index in [9.17, 15) is 43.2 Å². The van der Waals surface area contributed by atoms with Gasteiger partial charge < -0.3 is 33.8 Å². The van der Waals surface area contributed by atoms with Crippen LogP contribution in [0.3, 0.4) is 0 Å². The van der Waals surface area contributed by atoms with Crippen LogP contribution in [0.4, 0.5) is 0 Å². The van der Waals surface area contributed by atoms with Gasteiger partial charge in [-0.05, 0) is 49.4 Å². The van der Waals surface area contributed by atoms with Crippen molar-refractivity contribution in [1.82, 2.24) is 0 Å². The van der Waals surface area contributed by atoms with E-state index >= 15 is 0 Å². The predicted octanol–water partition coefficient (Wildman–Crippen LogP) is 20.5. The Kier molecular flexibility index (Phi) is 60.3. The molecule has 0 fully saturated rings. The highest BCUT2D eigenvalue weighted by Gasteiger charge is 2.30. The normalized spacial score (nSPS) is 15.1. The monoisotopic (exact) mass is 1340 g/mol. The van der Waals surface area contributed by atoms with Gasteiger partial charge in [-0.25, -0.2) is 9.13 Å². The fraction of sp³-hybridized carbons (Fsp3) is 0.944. The van der Waals surface area contributed by atoms with E-state index in [2.05, 4.69) is 55.4 Å². The van der Waals surface area contributed by atoms with Gasteiger partial charge in [0.25, 0.3) is 0 Å². The van der Waals surface area contributed by atoms with E-state index in [-0.39, 0.29) is 25.7 Å². The Morgan fingerprint density at radius 2 is 0.527 bits per heavy atom. The quantitative estimate of drug-likeness (QED) is 0.0222. The molecule has 0 rings (SSSR count). The first-order chi connectivity index (χ1) is 43.7. The molecule has 0 spiro atoms. The third-order valence-corrected chi connectivity index (χ3v) is 19.6. The second-order valence-electron chi connectivity index (χ2n) is 27.2. The number of unbranched alkanes of at least 4 members (excludes halogenated alkanes) is 32. The third kappa shape index (κ3) is 62.6. The van der Waals surface area contributed by atoms with Crippen molar-refractivity contribution in [3.8, 4) is 0 Å². The van der Waals surface area contributed by atoms with Crippen LogP contribution in [0.2, 0.25) is 0 Å². The molecule has 91 heavy (non-hydrogen) atoms. The molecule has 5 unspecified atom stereocenters. The lowest BCUT2D eigenvalue weighted by molar-refractivity contribution is -0.161. The van der Waals surface area contributed by atoms with E-state index in [0.29, 0.717) is 25.7 Å². The van der Waals surface area contributed by atoms with Crippen LogP contribution in [-0.2, 0) is 65.4 Å². The molecular weight excluding hydrogens is 1200 g/mol. The van der Waals surface area contributed by atoms with Crippen molar-refractivity contribution in [3.63, 3.8) is 0 Å². The van der Waals surface area contributed by atoms with Gasteiger partial charge in [0.1, 0.15) is 19.3 Å². The highest BCUT2D eigenvalue weighted by atomic mass is 31.2. The van der Waals surface area contributed by atoms with Gasteiger partial charge in [0.2, 0.25) is 0 Å². The number of phosphoric acid groups is 2. The van der Waals surface area contributed by atoms with Gasteiger partial charge in [-0.1, -0.05) is 306 Å².